The van der Waals surface area contributed by atoms with Gasteiger partial charge in [-0.15, -0.1) is 0 Å². The predicted molar refractivity (Wildman–Crippen MR) is 162 cm³/mol. The maximum absolute atomic E-state index is 12.1. The van der Waals surface area contributed by atoms with Crippen molar-refractivity contribution in [2.75, 3.05) is 23.9 Å². The van der Waals surface area contributed by atoms with Crippen molar-refractivity contribution >= 4 is 46.2 Å². The molecule has 2 unspecified atom stereocenters. The second-order valence-corrected chi connectivity index (χ2v) is 10.6. The van der Waals surface area contributed by atoms with Crippen molar-refractivity contribution < 1.29 is 14.6 Å². The SMILES string of the molecule is COCC(=O)Nc1ccc(N2C(=S)NC(c3ccccn3)C2c2cc(C)n(-c3cc(Cl)ccc3O)c2C)cc1C. The summed E-state index contributed by atoms with van der Waals surface area (Å²) in [6.45, 7) is 5.95. The van der Waals surface area contributed by atoms with Crippen LogP contribution in [-0.2, 0) is 9.53 Å². The summed E-state index contributed by atoms with van der Waals surface area (Å²) in [5.74, 6) is -0.0841. The van der Waals surface area contributed by atoms with E-state index >= 15 is 0 Å². The monoisotopic (exact) mass is 575 g/mol. The molecule has 0 saturated carbocycles. The molecule has 10 heteroatoms. The quantitative estimate of drug-likeness (QED) is 0.236. The van der Waals surface area contributed by atoms with Crippen LogP contribution in [0.4, 0.5) is 11.4 Å². The highest BCUT2D eigenvalue weighted by molar-refractivity contribution is 7.80. The van der Waals surface area contributed by atoms with Crippen LogP contribution in [0.15, 0.2) is 66.9 Å². The summed E-state index contributed by atoms with van der Waals surface area (Å²) in [6, 6.07) is 18.3. The fraction of sp³-hybridized carbons (Fsp3) is 0.233. The lowest BCUT2D eigenvalue weighted by Crippen LogP contribution is -2.29. The van der Waals surface area contributed by atoms with Gasteiger partial charge in [0, 0.05) is 41.1 Å². The van der Waals surface area contributed by atoms with Gasteiger partial charge in [0.05, 0.1) is 23.5 Å². The molecule has 1 amide bonds. The standard InChI is InChI=1S/C30H30ClN5O3S/c1-17-13-21(9-10-23(17)33-27(38)16-39-4)36-29(28(34-30(36)40)24-7-5-6-12-32-24)22-14-18(2)35(19(22)3)25-15-20(31)8-11-26(25)37/h5-15,28-29,37H,16H2,1-4H3,(H,33,38)(H,34,40). The minimum atomic E-state index is -0.253. The molecule has 1 aliphatic rings. The van der Waals surface area contributed by atoms with Gasteiger partial charge in [-0.1, -0.05) is 17.7 Å². The molecule has 0 bridgehead atoms. The number of anilines is 2. The largest absolute Gasteiger partial charge is 0.506 e. The number of benzene rings is 2. The smallest absolute Gasteiger partial charge is 0.250 e. The molecule has 206 valence electrons. The lowest BCUT2D eigenvalue weighted by Gasteiger charge is -2.29. The van der Waals surface area contributed by atoms with E-state index in [0.29, 0.717) is 21.5 Å². The van der Waals surface area contributed by atoms with E-state index < -0.39 is 0 Å². The number of ether oxygens (including phenoxy) is 1. The summed E-state index contributed by atoms with van der Waals surface area (Å²) < 4.78 is 6.95. The van der Waals surface area contributed by atoms with Gasteiger partial charge in [-0.25, -0.2) is 0 Å². The molecule has 4 aromatic rings. The Hall–Kier alpha value is -3.92. The lowest BCUT2D eigenvalue weighted by molar-refractivity contribution is -0.119. The van der Waals surface area contributed by atoms with Crippen LogP contribution in [0.1, 0.15) is 40.3 Å². The average molecular weight is 576 g/mol. The summed E-state index contributed by atoms with van der Waals surface area (Å²) in [5.41, 5.74) is 6.83. The number of methoxy groups -OCH3 is 1. The summed E-state index contributed by atoms with van der Waals surface area (Å²) in [6.07, 6.45) is 1.77. The molecule has 3 heterocycles. The molecule has 1 aliphatic heterocycles. The van der Waals surface area contributed by atoms with E-state index in [1.165, 1.54) is 7.11 Å². The fourth-order valence-electron chi connectivity index (χ4n) is 5.34. The highest BCUT2D eigenvalue weighted by Gasteiger charge is 2.42. The minimum Gasteiger partial charge on any atom is -0.506 e. The van der Waals surface area contributed by atoms with Gasteiger partial charge in [-0.05, 0) is 98.7 Å². The number of carbonyl (C=O) groups is 1. The highest BCUT2D eigenvalue weighted by atomic mass is 35.5. The molecule has 1 saturated heterocycles. The number of aryl methyl sites for hydroxylation is 2. The number of nitrogens with zero attached hydrogens (tertiary/aromatic N) is 3. The van der Waals surface area contributed by atoms with Gasteiger partial charge in [0.1, 0.15) is 12.4 Å². The zero-order valence-electron chi connectivity index (χ0n) is 22.6. The number of amides is 1. The van der Waals surface area contributed by atoms with E-state index in [1.54, 1.807) is 24.4 Å². The Morgan fingerprint density at radius 1 is 1.15 bits per heavy atom. The number of phenols is 1. The molecule has 3 N–H and O–H groups in total. The molecular formula is C30H30ClN5O3S. The molecule has 5 rings (SSSR count). The number of phenolic OH excluding ortho intramolecular Hbond substituents is 1. The third kappa shape index (κ3) is 5.15. The van der Waals surface area contributed by atoms with Crippen molar-refractivity contribution in [2.45, 2.75) is 32.9 Å². The summed E-state index contributed by atoms with van der Waals surface area (Å²) in [5, 5.41) is 18.2. The Balaban J connectivity index is 1.63. The van der Waals surface area contributed by atoms with Crippen molar-refractivity contribution in [1.29, 1.82) is 0 Å². The van der Waals surface area contributed by atoms with Crippen LogP contribution in [0.5, 0.6) is 5.75 Å². The minimum absolute atomic E-state index is 0.0209. The highest BCUT2D eigenvalue weighted by Crippen LogP contribution is 2.44. The third-order valence-corrected chi connectivity index (χ3v) is 7.65. The molecule has 2 aromatic heterocycles. The molecule has 1 fully saturated rings. The number of aromatic nitrogens is 2. The van der Waals surface area contributed by atoms with Gasteiger partial charge in [-0.3, -0.25) is 9.78 Å². The second-order valence-electron chi connectivity index (χ2n) is 9.77. The Labute approximate surface area is 243 Å². The molecule has 0 radical (unpaired) electrons. The maximum Gasteiger partial charge on any atom is 0.250 e. The topological polar surface area (TPSA) is 91.7 Å². The van der Waals surface area contributed by atoms with Gasteiger partial charge in [0.2, 0.25) is 5.91 Å². The van der Waals surface area contributed by atoms with Crippen LogP contribution in [0.2, 0.25) is 5.02 Å². The number of nitrogens with one attached hydrogen (secondary N) is 2. The number of hydrogen-bond donors (Lipinski definition) is 3. The van der Waals surface area contributed by atoms with Crippen LogP contribution in [0, 0.1) is 20.8 Å². The normalized spacial score (nSPS) is 16.7. The van der Waals surface area contributed by atoms with E-state index in [4.69, 9.17) is 28.6 Å². The molecule has 2 atom stereocenters. The van der Waals surface area contributed by atoms with Crippen LogP contribution in [-0.4, -0.2) is 39.4 Å². The first-order valence-corrected chi connectivity index (χ1v) is 13.6. The molecule has 40 heavy (non-hydrogen) atoms. The zero-order valence-corrected chi connectivity index (χ0v) is 24.2. The van der Waals surface area contributed by atoms with Crippen molar-refractivity contribution in [2.24, 2.45) is 0 Å². The van der Waals surface area contributed by atoms with E-state index in [9.17, 15) is 9.90 Å². The van der Waals surface area contributed by atoms with Crippen LogP contribution in [0.25, 0.3) is 5.69 Å². The number of aromatic hydroxyl groups is 1. The summed E-state index contributed by atoms with van der Waals surface area (Å²) in [7, 11) is 1.49. The van der Waals surface area contributed by atoms with Crippen molar-refractivity contribution in [3.8, 4) is 11.4 Å². The van der Waals surface area contributed by atoms with Crippen LogP contribution >= 0.6 is 23.8 Å². The number of thiocarbonyl (C=S) groups is 1. The number of pyridine rings is 1. The Bertz CT molecular complexity index is 1590. The number of halogens is 1. The first-order chi connectivity index (χ1) is 19.2. The predicted octanol–water partition coefficient (Wildman–Crippen LogP) is 5.92. The zero-order chi connectivity index (χ0) is 28.6. The van der Waals surface area contributed by atoms with E-state index in [-0.39, 0.29) is 30.3 Å². The van der Waals surface area contributed by atoms with Crippen LogP contribution < -0.4 is 15.5 Å². The van der Waals surface area contributed by atoms with E-state index in [1.807, 2.05) is 61.7 Å². The van der Waals surface area contributed by atoms with Crippen molar-refractivity contribution in [3.63, 3.8) is 0 Å². The van der Waals surface area contributed by atoms with Gasteiger partial charge in [0.25, 0.3) is 0 Å². The average Bonchev–Trinajstić information content (AvgIpc) is 3.42. The van der Waals surface area contributed by atoms with Gasteiger partial charge in [-0.2, -0.15) is 0 Å². The second kappa shape index (κ2) is 11.3. The number of rotatable bonds is 7. The van der Waals surface area contributed by atoms with E-state index in [2.05, 4.69) is 26.6 Å². The Morgan fingerprint density at radius 2 is 1.95 bits per heavy atom. The Kier molecular flexibility index (Phi) is 7.80. The van der Waals surface area contributed by atoms with E-state index in [0.717, 1.165) is 33.9 Å². The van der Waals surface area contributed by atoms with Gasteiger partial charge < -0.3 is 29.9 Å². The van der Waals surface area contributed by atoms with Crippen molar-refractivity contribution in [1.82, 2.24) is 14.9 Å². The maximum atomic E-state index is 12.1. The molecule has 8 nitrogen and oxygen atoms in total. The number of carbonyl (C=O) groups excluding carboxylic acids is 1. The molecule has 2 aromatic carbocycles. The molecular weight excluding hydrogens is 546 g/mol. The summed E-state index contributed by atoms with van der Waals surface area (Å²) in [4.78, 5) is 18.9. The van der Waals surface area contributed by atoms with Gasteiger partial charge >= 0.3 is 0 Å². The summed E-state index contributed by atoms with van der Waals surface area (Å²) >= 11 is 12.2. The lowest BCUT2D eigenvalue weighted by atomic mass is 9.96. The Morgan fingerprint density at radius 3 is 2.65 bits per heavy atom. The van der Waals surface area contributed by atoms with Crippen LogP contribution in [0.3, 0.4) is 0 Å². The van der Waals surface area contributed by atoms with Gasteiger partial charge in [0.15, 0.2) is 5.11 Å². The number of hydrogen-bond acceptors (Lipinski definition) is 5. The fourth-order valence-corrected chi connectivity index (χ4v) is 5.85. The first kappa shape index (κ1) is 27.6. The molecule has 0 aliphatic carbocycles. The third-order valence-electron chi connectivity index (χ3n) is 7.10. The van der Waals surface area contributed by atoms with Crippen molar-refractivity contribution in [3.05, 3.63) is 100 Å². The first-order valence-electron chi connectivity index (χ1n) is 12.8. The molecule has 0 spiro atoms.